The second-order valence-electron chi connectivity index (χ2n) is 18.0. The van der Waals surface area contributed by atoms with Crippen LogP contribution in [-0.4, -0.2) is 50.1 Å². The molecule has 0 aliphatic carbocycles. The first-order valence-corrected chi connectivity index (χ1v) is 25.7. The Labute approximate surface area is 363 Å². The van der Waals surface area contributed by atoms with Gasteiger partial charge in [0.25, 0.3) is 0 Å². The number of allylic oxidation sites excluding steroid dienone is 8. The molecule has 58 heavy (non-hydrogen) atoms. The Kier molecular flexibility index (Phi) is 42.1. The Morgan fingerprint density at radius 3 is 1.40 bits per heavy atom. The topological polar surface area (TPSA) is 34.1 Å². The third-order valence-electron chi connectivity index (χ3n) is 11.9. The summed E-state index contributed by atoms with van der Waals surface area (Å²) in [7, 11) is 4.34. The van der Waals surface area contributed by atoms with Crippen LogP contribution in [0.4, 0.5) is 0 Å². The molecule has 0 aromatic heterocycles. The molecule has 1 fully saturated rings. The lowest BCUT2D eigenvalue weighted by Crippen LogP contribution is -2.27. The van der Waals surface area contributed by atoms with Crippen LogP contribution in [0.15, 0.2) is 53.8 Å². The van der Waals surface area contributed by atoms with E-state index in [1.54, 1.807) is 0 Å². The third-order valence-corrected chi connectivity index (χ3v) is 11.9. The van der Waals surface area contributed by atoms with E-state index < -0.39 is 0 Å². The minimum Gasteiger partial charge on any atom is -0.396 e. The maximum atomic E-state index is 6.49. The number of oxime groups is 1. The van der Waals surface area contributed by atoms with Crippen molar-refractivity contribution < 1.29 is 9.57 Å². The van der Waals surface area contributed by atoms with Crippen LogP contribution in [0.1, 0.15) is 251 Å². The van der Waals surface area contributed by atoms with Crippen molar-refractivity contribution in [1.82, 2.24) is 4.90 Å². The monoisotopic (exact) mass is 809 g/mol. The van der Waals surface area contributed by atoms with Gasteiger partial charge in [-0.1, -0.05) is 158 Å². The molecule has 1 saturated heterocycles. The highest BCUT2D eigenvalue weighted by Gasteiger charge is 2.21. The fourth-order valence-electron chi connectivity index (χ4n) is 8.09. The number of hydrogen-bond donors (Lipinski definition) is 0. The van der Waals surface area contributed by atoms with Crippen LogP contribution in [0, 0.1) is 0 Å². The third kappa shape index (κ3) is 39.8. The van der Waals surface area contributed by atoms with Crippen LogP contribution >= 0.6 is 0 Å². The van der Waals surface area contributed by atoms with Crippen molar-refractivity contribution in [1.29, 1.82) is 0 Å². The number of rotatable bonds is 43. The molecule has 1 aliphatic rings. The van der Waals surface area contributed by atoms with E-state index in [4.69, 9.17) is 14.7 Å². The van der Waals surface area contributed by atoms with Gasteiger partial charge in [-0.15, -0.1) is 0 Å². The summed E-state index contributed by atoms with van der Waals surface area (Å²) >= 11 is 0. The normalized spacial score (nSPS) is 16.3. The predicted octanol–water partition coefficient (Wildman–Crippen LogP) is 17.4. The van der Waals surface area contributed by atoms with E-state index >= 15 is 0 Å². The van der Waals surface area contributed by atoms with Gasteiger partial charge < -0.3 is 14.5 Å². The molecule has 4 heteroatoms. The zero-order valence-corrected chi connectivity index (χ0v) is 39.6. The van der Waals surface area contributed by atoms with Crippen LogP contribution in [0.3, 0.4) is 0 Å². The van der Waals surface area contributed by atoms with Gasteiger partial charge in [0, 0.05) is 0 Å². The van der Waals surface area contributed by atoms with E-state index in [9.17, 15) is 0 Å². The van der Waals surface area contributed by atoms with Gasteiger partial charge in [-0.05, 0) is 168 Å². The number of hydrogen-bond acceptors (Lipinski definition) is 4. The molecule has 2 atom stereocenters. The highest BCUT2D eigenvalue weighted by Crippen LogP contribution is 2.26. The lowest BCUT2D eigenvalue weighted by atomic mass is 9.97. The molecular formula is C54H100N2O2. The second kappa shape index (κ2) is 44.9. The smallest absolute Gasteiger partial charge is 0.117 e. The molecule has 0 radical (unpaired) electrons. The van der Waals surface area contributed by atoms with Crippen molar-refractivity contribution in [2.75, 3.05) is 27.2 Å². The fraction of sp³-hybridized carbons (Fsp3) is 0.833. The van der Waals surface area contributed by atoms with Gasteiger partial charge in [-0.2, -0.15) is 0 Å². The van der Waals surface area contributed by atoms with E-state index in [1.807, 2.05) is 0 Å². The van der Waals surface area contributed by atoms with E-state index in [-0.39, 0.29) is 0 Å². The molecule has 0 amide bonds. The first kappa shape index (κ1) is 54.4. The summed E-state index contributed by atoms with van der Waals surface area (Å²) in [6, 6.07) is 0. The maximum absolute atomic E-state index is 6.49. The van der Waals surface area contributed by atoms with Gasteiger partial charge in [0.15, 0.2) is 0 Å². The molecule has 0 spiro atoms. The molecule has 0 saturated carbocycles. The van der Waals surface area contributed by atoms with Crippen molar-refractivity contribution >= 4 is 5.71 Å². The van der Waals surface area contributed by atoms with Crippen molar-refractivity contribution in [3.05, 3.63) is 48.6 Å². The predicted molar refractivity (Wildman–Crippen MR) is 259 cm³/mol. The Morgan fingerprint density at radius 1 is 0.500 bits per heavy atom. The average molecular weight is 809 g/mol. The van der Waals surface area contributed by atoms with E-state index in [2.05, 4.69) is 81.5 Å². The molecule has 0 bridgehead atoms. The Bertz CT molecular complexity index is 932. The van der Waals surface area contributed by atoms with Crippen molar-refractivity contribution in [3.8, 4) is 0 Å². The van der Waals surface area contributed by atoms with Crippen LogP contribution in [0.25, 0.3) is 0 Å². The van der Waals surface area contributed by atoms with Crippen LogP contribution < -0.4 is 0 Å². The summed E-state index contributed by atoms with van der Waals surface area (Å²) in [6.45, 7) is 6.51. The molecule has 1 rings (SSSR count). The molecule has 2 unspecified atom stereocenters. The van der Waals surface area contributed by atoms with Gasteiger partial charge in [-0.3, -0.25) is 0 Å². The molecule has 338 valence electrons. The summed E-state index contributed by atoms with van der Waals surface area (Å²) in [6.07, 6.45) is 67.2. The van der Waals surface area contributed by atoms with E-state index in [1.165, 1.54) is 218 Å². The highest BCUT2D eigenvalue weighted by atomic mass is 16.6. The molecule has 1 aliphatic heterocycles. The SMILES string of the molecule is CCCCCC=CCC=CCCCCCCCCC(CCCCCCCCC=CCC=CCCCCC)=NOCCCCCCC1CCCC(CCCCN(C)C)O1. The largest absolute Gasteiger partial charge is 0.396 e. The first-order chi connectivity index (χ1) is 28.7. The van der Waals surface area contributed by atoms with Gasteiger partial charge >= 0.3 is 0 Å². The molecular weight excluding hydrogens is 709 g/mol. The Balaban J connectivity index is 2.25. The lowest BCUT2D eigenvalue weighted by Gasteiger charge is -2.30. The van der Waals surface area contributed by atoms with Gasteiger partial charge in [0.1, 0.15) is 6.61 Å². The van der Waals surface area contributed by atoms with Crippen LogP contribution in [0.5, 0.6) is 0 Å². The standard InChI is InChI=1S/C54H100N2O2/c1-5-7-9-11-13-15-17-19-21-23-25-27-29-31-33-37-44-52(45-38-34-32-30-28-26-24-22-20-18-16-14-12-10-8-6-2)55-57-51-42-36-35-39-46-53-48-43-49-54(58-53)47-40-41-50-56(3)4/h13-16,19-22,53-54H,5-12,17-18,23-51H2,1-4H3. The van der Waals surface area contributed by atoms with E-state index in [0.29, 0.717) is 12.2 Å². The van der Waals surface area contributed by atoms with Crippen molar-refractivity contribution in [2.24, 2.45) is 5.16 Å². The molecule has 1 heterocycles. The minimum atomic E-state index is 0.495. The minimum absolute atomic E-state index is 0.495. The molecule has 4 nitrogen and oxygen atoms in total. The van der Waals surface area contributed by atoms with Gasteiger partial charge in [0.2, 0.25) is 0 Å². The fourth-order valence-corrected chi connectivity index (χ4v) is 8.09. The van der Waals surface area contributed by atoms with Crippen LogP contribution in [-0.2, 0) is 9.57 Å². The van der Waals surface area contributed by atoms with Crippen molar-refractivity contribution in [3.63, 3.8) is 0 Å². The zero-order valence-electron chi connectivity index (χ0n) is 39.6. The van der Waals surface area contributed by atoms with Crippen LogP contribution in [0.2, 0.25) is 0 Å². The number of nitrogens with zero attached hydrogens (tertiary/aromatic N) is 2. The molecule has 0 aromatic carbocycles. The summed E-state index contributed by atoms with van der Waals surface area (Å²) in [4.78, 5) is 8.26. The van der Waals surface area contributed by atoms with Gasteiger partial charge in [0.05, 0.1) is 17.9 Å². The Morgan fingerprint density at radius 2 is 0.914 bits per heavy atom. The average Bonchev–Trinajstić information content (AvgIpc) is 3.22. The second-order valence-corrected chi connectivity index (χ2v) is 18.0. The number of unbranched alkanes of at least 4 members (excludes halogenated alkanes) is 22. The van der Waals surface area contributed by atoms with Crippen molar-refractivity contribution in [2.45, 2.75) is 264 Å². The Hall–Kier alpha value is -1.65. The lowest BCUT2D eigenvalue weighted by molar-refractivity contribution is -0.0579. The summed E-state index contributed by atoms with van der Waals surface area (Å²) < 4.78 is 6.49. The summed E-state index contributed by atoms with van der Waals surface area (Å²) in [5.41, 5.74) is 1.32. The van der Waals surface area contributed by atoms with Gasteiger partial charge in [-0.25, -0.2) is 0 Å². The summed E-state index contributed by atoms with van der Waals surface area (Å²) in [5.74, 6) is 0. The maximum Gasteiger partial charge on any atom is 0.117 e. The van der Waals surface area contributed by atoms with E-state index in [0.717, 1.165) is 38.7 Å². The quantitative estimate of drug-likeness (QED) is 0.0266. The molecule has 0 aromatic rings. The highest BCUT2D eigenvalue weighted by molar-refractivity contribution is 5.83. The first-order valence-electron chi connectivity index (χ1n) is 25.7. The number of ether oxygens (including phenoxy) is 1. The molecule has 0 N–H and O–H groups in total. The summed E-state index contributed by atoms with van der Waals surface area (Å²) in [5, 5.41) is 4.75. The zero-order chi connectivity index (χ0) is 41.7.